The molecule has 2 amide bonds. The van der Waals surface area contributed by atoms with E-state index in [0.29, 0.717) is 18.7 Å². The van der Waals surface area contributed by atoms with Crippen LogP contribution in [0.1, 0.15) is 11.1 Å². The van der Waals surface area contributed by atoms with Crippen molar-refractivity contribution in [2.24, 2.45) is 0 Å². The number of anilines is 2. The average molecular weight is 575 g/mol. The number of hydrogen-bond acceptors (Lipinski definition) is 4. The van der Waals surface area contributed by atoms with Crippen LogP contribution in [-0.4, -0.2) is 21.8 Å². The first-order chi connectivity index (χ1) is 21.6. The third-order valence-corrected chi connectivity index (χ3v) is 7.10. The molecule has 0 aliphatic rings. The molecule has 0 radical (unpaired) electrons. The van der Waals surface area contributed by atoms with Crippen LogP contribution < -0.4 is 10.6 Å². The van der Waals surface area contributed by atoms with Crippen molar-refractivity contribution in [1.29, 1.82) is 0 Å². The van der Waals surface area contributed by atoms with Crippen LogP contribution in [0.5, 0.6) is 0 Å². The first-order valence-electron chi connectivity index (χ1n) is 14.4. The summed E-state index contributed by atoms with van der Waals surface area (Å²) in [6.45, 7) is 0. The molecule has 0 spiro atoms. The lowest BCUT2D eigenvalue weighted by Gasteiger charge is -2.11. The van der Waals surface area contributed by atoms with E-state index in [1.807, 2.05) is 146 Å². The van der Waals surface area contributed by atoms with E-state index in [2.05, 4.69) is 10.6 Å². The Labute approximate surface area is 256 Å². The Morgan fingerprint density at radius 2 is 0.841 bits per heavy atom. The lowest BCUT2D eigenvalue weighted by Crippen LogP contribution is -2.14. The molecule has 44 heavy (non-hydrogen) atoms. The summed E-state index contributed by atoms with van der Waals surface area (Å²) in [7, 11) is 0. The fourth-order valence-corrected chi connectivity index (χ4v) is 4.88. The summed E-state index contributed by atoms with van der Waals surface area (Å²) in [6, 6.07) is 46.5. The second kappa shape index (κ2) is 13.4. The Morgan fingerprint density at radius 1 is 0.455 bits per heavy atom. The van der Waals surface area contributed by atoms with Gasteiger partial charge in [-0.25, -0.2) is 9.97 Å². The monoisotopic (exact) mass is 574 g/mol. The van der Waals surface area contributed by atoms with Gasteiger partial charge in [-0.1, -0.05) is 115 Å². The molecule has 0 saturated heterocycles. The summed E-state index contributed by atoms with van der Waals surface area (Å²) in [5.74, 6) is 0.470. The van der Waals surface area contributed by atoms with E-state index in [9.17, 15) is 9.59 Å². The van der Waals surface area contributed by atoms with Gasteiger partial charge in [-0.2, -0.15) is 0 Å². The van der Waals surface area contributed by atoms with Gasteiger partial charge in [0.25, 0.3) is 0 Å². The first-order valence-corrected chi connectivity index (χ1v) is 14.4. The van der Waals surface area contributed by atoms with Gasteiger partial charge in [0.2, 0.25) is 11.8 Å². The predicted octanol–water partition coefficient (Wildman–Crippen LogP) is 7.84. The van der Waals surface area contributed by atoms with E-state index in [1.165, 1.54) is 0 Å². The van der Waals surface area contributed by atoms with Crippen molar-refractivity contribution >= 4 is 23.2 Å². The van der Waals surface area contributed by atoms with Gasteiger partial charge in [-0.05, 0) is 41.5 Å². The molecule has 0 aliphatic carbocycles. The van der Waals surface area contributed by atoms with Crippen LogP contribution in [0.2, 0.25) is 0 Å². The van der Waals surface area contributed by atoms with Gasteiger partial charge in [0.15, 0.2) is 5.82 Å². The van der Waals surface area contributed by atoms with Gasteiger partial charge in [-0.3, -0.25) is 9.59 Å². The fraction of sp³-hybridized carbons (Fsp3) is 0.0526. The number of hydrogen-bond donors (Lipinski definition) is 2. The smallest absolute Gasteiger partial charge is 0.228 e. The van der Waals surface area contributed by atoms with Crippen molar-refractivity contribution in [2.45, 2.75) is 12.8 Å². The molecule has 2 N–H and O–H groups in total. The predicted molar refractivity (Wildman–Crippen MR) is 176 cm³/mol. The maximum Gasteiger partial charge on any atom is 0.228 e. The van der Waals surface area contributed by atoms with Crippen molar-refractivity contribution in [3.05, 3.63) is 157 Å². The number of carbonyl (C=O) groups is 2. The Morgan fingerprint density at radius 3 is 1.25 bits per heavy atom. The van der Waals surface area contributed by atoms with Crippen molar-refractivity contribution in [1.82, 2.24) is 9.97 Å². The zero-order valence-corrected chi connectivity index (χ0v) is 24.0. The molecule has 214 valence electrons. The first kappa shape index (κ1) is 28.2. The third-order valence-electron chi connectivity index (χ3n) is 7.10. The number of rotatable bonds is 9. The minimum Gasteiger partial charge on any atom is -0.326 e. The van der Waals surface area contributed by atoms with Crippen LogP contribution in [0, 0.1) is 0 Å². The number of nitrogens with zero attached hydrogens (tertiary/aromatic N) is 2. The average Bonchev–Trinajstić information content (AvgIpc) is 3.06. The maximum atomic E-state index is 12.6. The van der Waals surface area contributed by atoms with Crippen LogP contribution in [-0.2, 0) is 22.4 Å². The molecule has 0 bridgehead atoms. The normalized spacial score (nSPS) is 10.6. The summed E-state index contributed by atoms with van der Waals surface area (Å²) in [4.78, 5) is 34.9. The van der Waals surface area contributed by atoms with E-state index in [1.54, 1.807) is 0 Å². The van der Waals surface area contributed by atoms with Gasteiger partial charge in [0.1, 0.15) is 0 Å². The molecule has 6 heteroatoms. The lowest BCUT2D eigenvalue weighted by molar-refractivity contribution is -0.116. The molecule has 1 heterocycles. The number of aromatic nitrogens is 2. The Balaban J connectivity index is 1.22. The Hall–Kier alpha value is -5.88. The highest BCUT2D eigenvalue weighted by molar-refractivity contribution is 5.93. The SMILES string of the molecule is O=C(Cc1ccccc1)Nc1ccc(-c2cc(-c3ccc(NC(=O)Cc4ccccc4)cc3)nc(-c3ccccc3)n2)cc1. The van der Waals surface area contributed by atoms with Crippen LogP contribution in [0.25, 0.3) is 33.9 Å². The molecule has 0 fully saturated rings. The topological polar surface area (TPSA) is 84.0 Å². The minimum atomic E-state index is -0.0701. The van der Waals surface area contributed by atoms with Gasteiger partial charge < -0.3 is 10.6 Å². The number of amides is 2. The standard InChI is InChI=1S/C38H30N4O2/c43-36(24-27-10-4-1-5-11-27)39-32-20-16-29(17-21-32)34-26-35(42-38(41-34)31-14-8-3-9-15-31)30-18-22-33(23-19-30)40-37(44)25-28-12-6-2-7-13-28/h1-23,26H,24-25H2,(H,39,43)(H,40,44). The van der Waals surface area contributed by atoms with Gasteiger partial charge in [0, 0.05) is 28.1 Å². The van der Waals surface area contributed by atoms with E-state index in [4.69, 9.17) is 9.97 Å². The van der Waals surface area contributed by atoms with E-state index >= 15 is 0 Å². The molecule has 6 rings (SSSR count). The molecule has 6 aromatic rings. The van der Waals surface area contributed by atoms with Crippen molar-refractivity contribution < 1.29 is 9.59 Å². The van der Waals surface area contributed by atoms with E-state index in [0.717, 1.165) is 50.6 Å². The van der Waals surface area contributed by atoms with Gasteiger partial charge >= 0.3 is 0 Å². The summed E-state index contributed by atoms with van der Waals surface area (Å²) in [5, 5.41) is 5.95. The van der Waals surface area contributed by atoms with Crippen molar-refractivity contribution in [3.8, 4) is 33.9 Å². The zero-order chi connectivity index (χ0) is 30.1. The molecule has 6 nitrogen and oxygen atoms in total. The summed E-state index contributed by atoms with van der Waals surface area (Å²) < 4.78 is 0. The van der Waals surface area contributed by atoms with Crippen molar-refractivity contribution in [2.75, 3.05) is 10.6 Å². The Bertz CT molecular complexity index is 1740. The number of benzene rings is 5. The minimum absolute atomic E-state index is 0.0701. The fourth-order valence-electron chi connectivity index (χ4n) is 4.88. The van der Waals surface area contributed by atoms with E-state index < -0.39 is 0 Å². The molecular weight excluding hydrogens is 544 g/mol. The highest BCUT2D eigenvalue weighted by Gasteiger charge is 2.12. The molecule has 0 unspecified atom stereocenters. The number of carbonyl (C=O) groups excluding carboxylic acids is 2. The molecular formula is C38H30N4O2. The second-order valence-corrected chi connectivity index (χ2v) is 10.4. The summed E-state index contributed by atoms with van der Waals surface area (Å²) in [5.41, 5.74) is 7.60. The maximum absolute atomic E-state index is 12.6. The highest BCUT2D eigenvalue weighted by Crippen LogP contribution is 2.29. The highest BCUT2D eigenvalue weighted by atomic mass is 16.2. The molecule has 0 aliphatic heterocycles. The van der Waals surface area contributed by atoms with Crippen LogP contribution in [0.3, 0.4) is 0 Å². The molecule has 0 atom stereocenters. The van der Waals surface area contributed by atoms with E-state index in [-0.39, 0.29) is 11.8 Å². The largest absolute Gasteiger partial charge is 0.326 e. The third kappa shape index (κ3) is 7.30. The summed E-state index contributed by atoms with van der Waals surface area (Å²) >= 11 is 0. The van der Waals surface area contributed by atoms with Crippen LogP contribution in [0.15, 0.2) is 146 Å². The number of nitrogens with one attached hydrogen (secondary N) is 2. The van der Waals surface area contributed by atoms with Gasteiger partial charge in [-0.15, -0.1) is 0 Å². The quantitative estimate of drug-likeness (QED) is 0.184. The molecule has 0 saturated carbocycles. The van der Waals surface area contributed by atoms with Gasteiger partial charge in [0.05, 0.1) is 24.2 Å². The van der Waals surface area contributed by atoms with Crippen LogP contribution in [0.4, 0.5) is 11.4 Å². The molecule has 5 aromatic carbocycles. The summed E-state index contributed by atoms with van der Waals surface area (Å²) in [6.07, 6.45) is 0.627. The molecule has 1 aromatic heterocycles. The Kier molecular flexibility index (Phi) is 8.60. The van der Waals surface area contributed by atoms with Crippen LogP contribution >= 0.6 is 0 Å². The zero-order valence-electron chi connectivity index (χ0n) is 24.0. The lowest BCUT2D eigenvalue weighted by atomic mass is 10.1. The second-order valence-electron chi connectivity index (χ2n) is 10.4. The van der Waals surface area contributed by atoms with Crippen molar-refractivity contribution in [3.63, 3.8) is 0 Å².